The highest BCUT2D eigenvalue weighted by atomic mass is 32.3. The molecule has 26 heavy (non-hydrogen) atoms. The van der Waals surface area contributed by atoms with Gasteiger partial charge in [-0.25, -0.2) is 4.68 Å². The van der Waals surface area contributed by atoms with Crippen LogP contribution in [0.15, 0.2) is 18.3 Å². The van der Waals surface area contributed by atoms with E-state index in [-0.39, 0.29) is 5.82 Å². The van der Waals surface area contributed by atoms with Gasteiger partial charge < -0.3 is 14.9 Å². The molecule has 7 nitrogen and oxygen atoms in total. The standard InChI is InChI=1S/C18H30N4O3S/c1-7-16-18(15-8-9-17(19-12-15)22(23)24)14(2)20-21(16)13-25-10-11-26(3,4,5)6/h8-9,12,26H,7,10-11,13H2,1-6H3. The Labute approximate surface area is 155 Å². The summed E-state index contributed by atoms with van der Waals surface area (Å²) < 4.78 is 7.77. The number of nitrogens with zero attached hydrogens (tertiary/aromatic N) is 4. The molecule has 2 aromatic heterocycles. The van der Waals surface area contributed by atoms with E-state index in [9.17, 15) is 10.1 Å². The van der Waals surface area contributed by atoms with Crippen molar-refractivity contribution in [2.24, 2.45) is 0 Å². The Bertz CT molecular complexity index is 782. The van der Waals surface area contributed by atoms with Gasteiger partial charge in [-0.2, -0.15) is 5.10 Å². The maximum absolute atomic E-state index is 10.8. The van der Waals surface area contributed by atoms with Crippen LogP contribution in [-0.2, 0) is 17.9 Å². The van der Waals surface area contributed by atoms with Crippen LogP contribution < -0.4 is 0 Å². The molecule has 0 bridgehead atoms. The number of rotatable bonds is 8. The first kappa shape index (κ1) is 20.4. The normalized spacial score (nSPS) is 13.4. The molecule has 0 radical (unpaired) electrons. The van der Waals surface area contributed by atoms with Crippen molar-refractivity contribution in [3.8, 4) is 11.1 Å². The van der Waals surface area contributed by atoms with Crippen LogP contribution >= 0.6 is 9.16 Å². The Morgan fingerprint density at radius 3 is 2.46 bits per heavy atom. The van der Waals surface area contributed by atoms with E-state index in [1.165, 1.54) is 12.3 Å². The lowest BCUT2D eigenvalue weighted by molar-refractivity contribution is -0.389. The van der Waals surface area contributed by atoms with E-state index in [1.807, 2.05) is 11.6 Å². The summed E-state index contributed by atoms with van der Waals surface area (Å²) in [5, 5.41) is 15.4. The van der Waals surface area contributed by atoms with Crippen LogP contribution in [-0.4, -0.2) is 57.1 Å². The summed E-state index contributed by atoms with van der Waals surface area (Å²) >= 11 is 0. The van der Waals surface area contributed by atoms with E-state index >= 15 is 0 Å². The first-order valence-corrected chi connectivity index (χ1v) is 12.9. The van der Waals surface area contributed by atoms with Gasteiger partial charge in [0.25, 0.3) is 0 Å². The summed E-state index contributed by atoms with van der Waals surface area (Å²) in [6, 6.07) is 3.15. The Morgan fingerprint density at radius 2 is 1.96 bits per heavy atom. The molecule has 0 aliphatic rings. The number of nitro groups is 1. The second-order valence-corrected chi connectivity index (χ2v) is 17.0. The summed E-state index contributed by atoms with van der Waals surface area (Å²) in [4.78, 5) is 14.2. The number of hydrogen-bond acceptors (Lipinski definition) is 5. The average Bonchev–Trinajstić information content (AvgIpc) is 2.85. The molecule has 0 aliphatic carbocycles. The highest BCUT2D eigenvalue weighted by Crippen LogP contribution is 2.54. The van der Waals surface area contributed by atoms with Crippen molar-refractivity contribution in [1.29, 1.82) is 0 Å². The number of hydrogen-bond donors (Lipinski definition) is 1. The van der Waals surface area contributed by atoms with Gasteiger partial charge in [0.05, 0.1) is 12.3 Å². The largest absolute Gasteiger partial charge is 0.363 e. The first-order valence-electron chi connectivity index (χ1n) is 8.73. The molecular weight excluding hydrogens is 352 g/mol. The van der Waals surface area contributed by atoms with Crippen LogP contribution in [0, 0.1) is 17.0 Å². The molecule has 2 rings (SSSR count). The molecule has 0 unspecified atom stereocenters. The van der Waals surface area contributed by atoms with Crippen molar-refractivity contribution in [3.63, 3.8) is 0 Å². The van der Waals surface area contributed by atoms with E-state index in [4.69, 9.17) is 4.74 Å². The van der Waals surface area contributed by atoms with Crippen molar-refractivity contribution in [1.82, 2.24) is 14.8 Å². The lowest BCUT2D eigenvalue weighted by Crippen LogP contribution is -2.20. The van der Waals surface area contributed by atoms with Crippen molar-refractivity contribution in [2.45, 2.75) is 27.0 Å². The van der Waals surface area contributed by atoms with Crippen LogP contribution in [0.25, 0.3) is 11.1 Å². The second-order valence-electron chi connectivity index (χ2n) is 8.63. The molecule has 0 atom stereocenters. The fourth-order valence-corrected chi connectivity index (χ4v) is 3.55. The summed E-state index contributed by atoms with van der Waals surface area (Å²) in [6.07, 6.45) is 11.7. The van der Waals surface area contributed by atoms with Gasteiger partial charge >= 0.3 is 5.82 Å². The summed E-state index contributed by atoms with van der Waals surface area (Å²) in [5.41, 5.74) is 3.75. The van der Waals surface area contributed by atoms with Gasteiger partial charge in [-0.1, -0.05) is 6.92 Å². The number of thiol groups is 1. The van der Waals surface area contributed by atoms with Crippen LogP contribution in [0.1, 0.15) is 18.3 Å². The fraction of sp³-hybridized carbons (Fsp3) is 0.556. The average molecular weight is 383 g/mol. The van der Waals surface area contributed by atoms with Gasteiger partial charge in [0.1, 0.15) is 12.9 Å². The SMILES string of the molecule is CCc1c(-c2ccc([N+](=O)[O-])nc2)c(C)nn1COCC[SH](C)(C)(C)C. The Morgan fingerprint density at radius 1 is 1.27 bits per heavy atom. The fourth-order valence-electron chi connectivity index (χ4n) is 2.69. The number of ether oxygens (including phenoxy) is 1. The summed E-state index contributed by atoms with van der Waals surface area (Å²) in [7, 11) is -1.57. The van der Waals surface area contributed by atoms with E-state index < -0.39 is 14.1 Å². The molecule has 0 saturated heterocycles. The smallest absolute Gasteiger partial charge is 0.359 e. The molecule has 8 heteroatoms. The predicted molar refractivity (Wildman–Crippen MR) is 110 cm³/mol. The quantitative estimate of drug-likeness (QED) is 0.328. The van der Waals surface area contributed by atoms with Gasteiger partial charge in [0.15, 0.2) is 0 Å². The summed E-state index contributed by atoms with van der Waals surface area (Å²) in [5.74, 6) is 0.923. The topological polar surface area (TPSA) is 83.1 Å². The monoisotopic (exact) mass is 382 g/mol. The second kappa shape index (κ2) is 7.36. The molecule has 0 saturated carbocycles. The van der Waals surface area contributed by atoms with Crippen LogP contribution in [0.4, 0.5) is 5.82 Å². The third-order valence-electron chi connectivity index (χ3n) is 4.13. The number of aromatic nitrogens is 3. The van der Waals surface area contributed by atoms with E-state index in [2.05, 4.69) is 42.0 Å². The molecule has 0 spiro atoms. The zero-order chi connectivity index (χ0) is 19.6. The lowest BCUT2D eigenvalue weighted by atomic mass is 10.0. The van der Waals surface area contributed by atoms with Crippen molar-refractivity contribution < 1.29 is 9.66 Å². The van der Waals surface area contributed by atoms with Gasteiger partial charge in [-0.05, 0) is 60.1 Å². The van der Waals surface area contributed by atoms with Gasteiger partial charge in [0, 0.05) is 22.9 Å². The zero-order valence-electron chi connectivity index (χ0n) is 16.5. The molecule has 0 amide bonds. The van der Waals surface area contributed by atoms with Crippen LogP contribution in [0.2, 0.25) is 0 Å². The van der Waals surface area contributed by atoms with Gasteiger partial charge in [-0.15, -0.1) is 0 Å². The van der Waals surface area contributed by atoms with Crippen molar-refractivity contribution in [3.05, 3.63) is 39.8 Å². The first-order chi connectivity index (χ1) is 12.0. The van der Waals surface area contributed by atoms with Gasteiger partial charge in [0.2, 0.25) is 0 Å². The van der Waals surface area contributed by atoms with E-state index in [0.717, 1.165) is 34.7 Å². The highest BCUT2D eigenvalue weighted by Gasteiger charge is 2.20. The number of pyridine rings is 1. The molecule has 0 fully saturated rings. The molecular formula is C18H30N4O3S. The zero-order valence-corrected chi connectivity index (χ0v) is 17.4. The van der Waals surface area contributed by atoms with Crippen LogP contribution in [0.3, 0.4) is 0 Å². The molecule has 0 aliphatic heterocycles. The highest BCUT2D eigenvalue weighted by molar-refractivity contribution is 8.47. The molecule has 146 valence electrons. The van der Waals surface area contributed by atoms with Gasteiger partial charge in [-0.3, -0.25) is 9.16 Å². The third-order valence-corrected chi connectivity index (χ3v) is 6.11. The van der Waals surface area contributed by atoms with Crippen LogP contribution in [0.5, 0.6) is 0 Å². The Kier molecular flexibility index (Phi) is 5.77. The maximum Gasteiger partial charge on any atom is 0.363 e. The third kappa shape index (κ3) is 5.28. The minimum atomic E-state index is -1.57. The Balaban J connectivity index is 2.18. The minimum absolute atomic E-state index is 0.153. The number of aryl methyl sites for hydroxylation is 1. The lowest BCUT2D eigenvalue weighted by Gasteiger charge is -2.46. The molecule has 0 N–H and O–H groups in total. The van der Waals surface area contributed by atoms with E-state index in [0.29, 0.717) is 13.3 Å². The molecule has 2 aromatic rings. The summed E-state index contributed by atoms with van der Waals surface area (Å²) in [6.45, 7) is 5.14. The van der Waals surface area contributed by atoms with Crippen molar-refractivity contribution >= 4 is 15.0 Å². The molecule has 0 aromatic carbocycles. The Hall–Kier alpha value is -1.93. The molecule has 2 heterocycles. The van der Waals surface area contributed by atoms with E-state index in [1.54, 1.807) is 6.07 Å². The minimum Gasteiger partial charge on any atom is -0.359 e. The predicted octanol–water partition coefficient (Wildman–Crippen LogP) is 3.29. The van der Waals surface area contributed by atoms with Crippen molar-refractivity contribution in [2.75, 3.05) is 37.4 Å². The maximum atomic E-state index is 10.8.